The molecule has 1 aromatic carbocycles. The average molecular weight is 265 g/mol. The van der Waals surface area contributed by atoms with E-state index in [9.17, 15) is 17.2 Å². The number of hydrogen-bond acceptors (Lipinski definition) is 3. The molecule has 1 N–H and O–H groups in total. The molecule has 0 fully saturated rings. The van der Waals surface area contributed by atoms with E-state index in [1.165, 1.54) is 18.2 Å². The molecule has 0 aliphatic rings. The monoisotopic (exact) mass is 265 g/mol. The maximum atomic E-state index is 12.0. The van der Waals surface area contributed by atoms with Gasteiger partial charge in [0.1, 0.15) is 5.75 Å². The van der Waals surface area contributed by atoms with Crippen LogP contribution in [0.15, 0.2) is 24.3 Å². The van der Waals surface area contributed by atoms with Gasteiger partial charge in [-0.2, -0.15) is 8.78 Å². The third-order valence-corrected chi connectivity index (χ3v) is 2.76. The van der Waals surface area contributed by atoms with Crippen molar-refractivity contribution >= 4 is 10.0 Å². The van der Waals surface area contributed by atoms with E-state index < -0.39 is 22.7 Å². The summed E-state index contributed by atoms with van der Waals surface area (Å²) in [6.07, 6.45) is 1.03. The minimum atomic E-state index is -3.35. The van der Waals surface area contributed by atoms with Gasteiger partial charge in [0, 0.05) is 6.04 Å². The van der Waals surface area contributed by atoms with Crippen molar-refractivity contribution in [3.8, 4) is 5.75 Å². The Hall–Kier alpha value is -1.21. The normalized spacial score (nSPS) is 13.7. The highest BCUT2D eigenvalue weighted by Gasteiger charge is 2.12. The Bertz CT molecular complexity index is 476. The quantitative estimate of drug-likeness (QED) is 0.884. The molecule has 0 aliphatic heterocycles. The Morgan fingerprint density at radius 1 is 1.35 bits per heavy atom. The summed E-state index contributed by atoms with van der Waals surface area (Å²) >= 11 is 0. The molecule has 0 radical (unpaired) electrons. The number of sulfonamides is 1. The highest BCUT2D eigenvalue weighted by Crippen LogP contribution is 2.20. The fourth-order valence-corrected chi connectivity index (χ4v) is 2.13. The Morgan fingerprint density at radius 2 is 2.00 bits per heavy atom. The van der Waals surface area contributed by atoms with Gasteiger partial charge in [0.2, 0.25) is 10.0 Å². The third kappa shape index (κ3) is 5.10. The van der Waals surface area contributed by atoms with Crippen molar-refractivity contribution in [1.29, 1.82) is 0 Å². The number of halogens is 2. The van der Waals surface area contributed by atoms with Crippen LogP contribution in [0.1, 0.15) is 18.5 Å². The lowest BCUT2D eigenvalue weighted by Gasteiger charge is -2.13. The molecule has 1 rings (SSSR count). The van der Waals surface area contributed by atoms with Crippen molar-refractivity contribution in [1.82, 2.24) is 4.72 Å². The minimum absolute atomic E-state index is 0.000323. The Morgan fingerprint density at radius 3 is 2.53 bits per heavy atom. The van der Waals surface area contributed by atoms with Crippen molar-refractivity contribution in [2.45, 2.75) is 19.6 Å². The van der Waals surface area contributed by atoms with Crippen LogP contribution in [-0.2, 0) is 10.0 Å². The number of rotatable bonds is 5. The summed E-state index contributed by atoms with van der Waals surface area (Å²) in [6.45, 7) is -1.29. The lowest BCUT2D eigenvalue weighted by molar-refractivity contribution is -0.0499. The van der Waals surface area contributed by atoms with Crippen LogP contribution >= 0.6 is 0 Å². The summed E-state index contributed by atoms with van der Waals surface area (Å²) in [7, 11) is -3.35. The Labute approximate surface area is 98.6 Å². The van der Waals surface area contributed by atoms with Crippen LogP contribution < -0.4 is 9.46 Å². The highest BCUT2D eigenvalue weighted by molar-refractivity contribution is 7.88. The molecule has 0 aromatic heterocycles. The molecular formula is C10H13F2NO3S. The summed E-state index contributed by atoms with van der Waals surface area (Å²) < 4.78 is 52.6. The van der Waals surface area contributed by atoms with Gasteiger partial charge in [-0.1, -0.05) is 12.1 Å². The van der Waals surface area contributed by atoms with Gasteiger partial charge in [-0.15, -0.1) is 0 Å². The molecule has 0 saturated carbocycles. The predicted molar refractivity (Wildman–Crippen MR) is 59.5 cm³/mol. The summed E-state index contributed by atoms with van der Waals surface area (Å²) in [4.78, 5) is 0. The second kappa shape index (κ2) is 5.42. The molecular weight excluding hydrogens is 252 g/mol. The van der Waals surface area contributed by atoms with E-state index in [2.05, 4.69) is 9.46 Å². The molecule has 4 nitrogen and oxygen atoms in total. The number of nitrogens with one attached hydrogen (secondary N) is 1. The second-order valence-corrected chi connectivity index (χ2v) is 5.34. The topological polar surface area (TPSA) is 55.4 Å². The van der Waals surface area contributed by atoms with E-state index >= 15 is 0 Å². The first-order chi connectivity index (χ1) is 7.78. The van der Waals surface area contributed by atoms with Gasteiger partial charge in [0.05, 0.1) is 6.26 Å². The molecule has 1 unspecified atom stereocenters. The van der Waals surface area contributed by atoms with Gasteiger partial charge in [-0.05, 0) is 24.6 Å². The summed E-state index contributed by atoms with van der Waals surface area (Å²) in [5.74, 6) is -0.000323. The predicted octanol–water partition coefficient (Wildman–Crippen LogP) is 1.90. The molecule has 0 spiro atoms. The van der Waals surface area contributed by atoms with Gasteiger partial charge in [0.15, 0.2) is 0 Å². The number of benzene rings is 1. The zero-order valence-electron chi connectivity index (χ0n) is 9.35. The van der Waals surface area contributed by atoms with Crippen LogP contribution in [0, 0.1) is 0 Å². The average Bonchev–Trinajstić information content (AvgIpc) is 2.14. The smallest absolute Gasteiger partial charge is 0.387 e. The van der Waals surface area contributed by atoms with E-state index in [-0.39, 0.29) is 5.75 Å². The second-order valence-electron chi connectivity index (χ2n) is 3.56. The molecule has 7 heteroatoms. The summed E-state index contributed by atoms with van der Waals surface area (Å²) in [5, 5.41) is 0. The van der Waals surface area contributed by atoms with Gasteiger partial charge in [0.25, 0.3) is 0 Å². The number of ether oxygens (including phenoxy) is 1. The van der Waals surface area contributed by atoms with Gasteiger partial charge < -0.3 is 4.74 Å². The van der Waals surface area contributed by atoms with Crippen LogP contribution in [0.4, 0.5) is 8.78 Å². The molecule has 0 aliphatic carbocycles. The zero-order chi connectivity index (χ0) is 13.1. The maximum Gasteiger partial charge on any atom is 0.387 e. The molecule has 96 valence electrons. The highest BCUT2D eigenvalue weighted by atomic mass is 32.2. The molecule has 0 heterocycles. The molecule has 0 bridgehead atoms. The summed E-state index contributed by atoms with van der Waals surface area (Å²) in [5.41, 5.74) is 0.550. The molecule has 0 saturated heterocycles. The first-order valence-corrected chi connectivity index (χ1v) is 6.69. The van der Waals surface area contributed by atoms with Crippen LogP contribution in [0.5, 0.6) is 5.75 Å². The van der Waals surface area contributed by atoms with E-state index in [0.717, 1.165) is 6.26 Å². The lowest BCUT2D eigenvalue weighted by Crippen LogP contribution is -2.25. The fraction of sp³-hybridized carbons (Fsp3) is 0.400. The van der Waals surface area contributed by atoms with E-state index in [1.807, 2.05) is 0 Å². The number of alkyl halides is 2. The molecule has 17 heavy (non-hydrogen) atoms. The SMILES string of the molecule is CC(NS(C)(=O)=O)c1cccc(OC(F)F)c1. The lowest BCUT2D eigenvalue weighted by atomic mass is 10.1. The van der Waals surface area contributed by atoms with Crippen LogP contribution in [0.3, 0.4) is 0 Å². The number of hydrogen-bond donors (Lipinski definition) is 1. The fourth-order valence-electron chi connectivity index (χ4n) is 1.35. The maximum absolute atomic E-state index is 12.0. The zero-order valence-corrected chi connectivity index (χ0v) is 10.2. The van der Waals surface area contributed by atoms with Crippen LogP contribution in [0.2, 0.25) is 0 Å². The van der Waals surface area contributed by atoms with Crippen molar-refractivity contribution in [2.75, 3.05) is 6.26 Å². The van der Waals surface area contributed by atoms with Gasteiger partial charge >= 0.3 is 6.61 Å². The van der Waals surface area contributed by atoms with Crippen molar-refractivity contribution < 1.29 is 21.9 Å². The first kappa shape index (κ1) is 13.9. The van der Waals surface area contributed by atoms with E-state index in [1.54, 1.807) is 13.0 Å². The molecule has 0 amide bonds. The molecule has 1 atom stereocenters. The van der Waals surface area contributed by atoms with Gasteiger partial charge in [-0.3, -0.25) is 0 Å². The van der Waals surface area contributed by atoms with Crippen molar-refractivity contribution in [3.05, 3.63) is 29.8 Å². The largest absolute Gasteiger partial charge is 0.435 e. The minimum Gasteiger partial charge on any atom is -0.435 e. The van der Waals surface area contributed by atoms with Crippen LogP contribution in [-0.4, -0.2) is 21.3 Å². The van der Waals surface area contributed by atoms with Crippen molar-refractivity contribution in [2.24, 2.45) is 0 Å². The first-order valence-electron chi connectivity index (χ1n) is 4.80. The standard InChI is InChI=1S/C10H13F2NO3S/c1-7(13-17(2,14)15)8-4-3-5-9(6-8)16-10(11)12/h3-7,10,13H,1-2H3. The van der Waals surface area contributed by atoms with E-state index in [0.29, 0.717) is 5.56 Å². The van der Waals surface area contributed by atoms with Crippen LogP contribution in [0.25, 0.3) is 0 Å². The Balaban J connectivity index is 2.84. The third-order valence-electron chi connectivity index (χ3n) is 1.97. The van der Waals surface area contributed by atoms with Crippen molar-refractivity contribution in [3.63, 3.8) is 0 Å². The van der Waals surface area contributed by atoms with E-state index in [4.69, 9.17) is 0 Å². The molecule has 1 aromatic rings. The summed E-state index contributed by atoms with van der Waals surface area (Å²) in [6, 6.07) is 5.39. The van der Waals surface area contributed by atoms with Gasteiger partial charge in [-0.25, -0.2) is 13.1 Å². The Kier molecular flexibility index (Phi) is 4.41.